The van der Waals surface area contributed by atoms with E-state index in [0.29, 0.717) is 4.12 Å². The molecule has 0 aromatic rings. The van der Waals surface area contributed by atoms with E-state index in [4.69, 9.17) is 4.43 Å². The zero-order valence-corrected chi connectivity index (χ0v) is 21.8. The fourth-order valence-corrected chi connectivity index (χ4v) is 25.0. The van der Waals surface area contributed by atoms with Crippen molar-refractivity contribution >= 4 is 26.7 Å². The molecule has 0 N–H and O–H groups in total. The third-order valence-electron chi connectivity index (χ3n) is 4.93. The Bertz CT molecular complexity index is 301. The zero-order valence-electron chi connectivity index (χ0n) is 17.9. The van der Waals surface area contributed by atoms with Crippen molar-refractivity contribution in [2.75, 3.05) is 0 Å². The molecule has 0 aliphatic carbocycles. The van der Waals surface area contributed by atoms with Crippen LogP contribution in [0.1, 0.15) is 79.1 Å². The first-order chi connectivity index (χ1) is 11.3. The fraction of sp³-hybridized carbons (Fsp3) is 0.905. The van der Waals surface area contributed by atoms with Crippen LogP contribution < -0.4 is 0 Å². The molecule has 24 heavy (non-hydrogen) atoms. The summed E-state index contributed by atoms with van der Waals surface area (Å²) < 4.78 is 12.0. The summed E-state index contributed by atoms with van der Waals surface area (Å²) in [5.74, 6) is 0. The molecule has 0 spiro atoms. The summed E-state index contributed by atoms with van der Waals surface area (Å²) in [5.41, 5.74) is 0. The summed E-state index contributed by atoms with van der Waals surface area (Å²) in [7, 11) is -1.51. The summed E-state index contributed by atoms with van der Waals surface area (Å²) in [6.07, 6.45) is 15.8. The van der Waals surface area contributed by atoms with Gasteiger partial charge in [-0.25, -0.2) is 0 Å². The second-order valence-electron chi connectivity index (χ2n) is 8.54. The van der Waals surface area contributed by atoms with E-state index in [0.717, 1.165) is 0 Å². The standard InChI is InChI=1S/C9H19OSi.3C4H9.Sn/c1-5-6-7-8-9-10-11(2,3)4;3*1-3-4-2;/h7-9H,5-6H2,1-4H3;3*1,3-4H2,2H3;/b8-7+;;;;. The first-order valence-electron chi connectivity index (χ1n) is 10.7. The summed E-state index contributed by atoms with van der Waals surface area (Å²) in [4.78, 5) is 0. The molecular formula is C21H46OSiSn. The normalized spacial score (nSPS) is 14.5. The second-order valence-corrected chi connectivity index (χ2v) is 26.7. The SMILES string of the molecule is CCC/C=C/[CH](O[Si](C)(C)C)[Sn]([CH2]CCC)([CH2]CCC)[CH2]CCC. The van der Waals surface area contributed by atoms with Crippen molar-refractivity contribution < 1.29 is 4.43 Å². The number of allylic oxidation sites excluding steroid dienone is 1. The molecule has 1 unspecified atom stereocenters. The van der Waals surface area contributed by atoms with Gasteiger partial charge in [-0.05, 0) is 0 Å². The van der Waals surface area contributed by atoms with Crippen LogP contribution in [-0.4, -0.2) is 30.8 Å². The summed E-state index contributed by atoms with van der Waals surface area (Å²) in [6, 6.07) is 0. The van der Waals surface area contributed by atoms with Crippen molar-refractivity contribution in [1.82, 2.24) is 0 Å². The van der Waals surface area contributed by atoms with Crippen molar-refractivity contribution in [3.8, 4) is 0 Å². The van der Waals surface area contributed by atoms with Crippen LogP contribution in [0.4, 0.5) is 0 Å². The van der Waals surface area contributed by atoms with Gasteiger partial charge in [0.05, 0.1) is 0 Å². The third kappa shape index (κ3) is 10.6. The van der Waals surface area contributed by atoms with E-state index in [1.165, 1.54) is 64.7 Å². The molecule has 0 aromatic carbocycles. The summed E-state index contributed by atoms with van der Waals surface area (Å²) in [5, 5.41) is 0. The zero-order chi connectivity index (χ0) is 18.5. The number of hydrogen-bond acceptors (Lipinski definition) is 1. The van der Waals surface area contributed by atoms with Crippen LogP contribution in [0.3, 0.4) is 0 Å². The van der Waals surface area contributed by atoms with Crippen LogP contribution >= 0.6 is 0 Å². The minimum absolute atomic E-state index is 0.530. The van der Waals surface area contributed by atoms with E-state index in [-0.39, 0.29) is 0 Å². The molecule has 144 valence electrons. The number of unbranched alkanes of at least 4 members (excludes halogenated alkanes) is 4. The Kier molecular flexibility index (Phi) is 14.3. The van der Waals surface area contributed by atoms with Gasteiger partial charge in [0, 0.05) is 0 Å². The quantitative estimate of drug-likeness (QED) is 0.178. The van der Waals surface area contributed by atoms with Crippen LogP contribution in [0.25, 0.3) is 0 Å². The van der Waals surface area contributed by atoms with Gasteiger partial charge in [0.2, 0.25) is 0 Å². The van der Waals surface area contributed by atoms with Gasteiger partial charge in [-0.1, -0.05) is 0 Å². The number of hydrogen-bond donors (Lipinski definition) is 0. The van der Waals surface area contributed by atoms with Gasteiger partial charge in [-0.15, -0.1) is 0 Å². The van der Waals surface area contributed by atoms with Gasteiger partial charge in [0.1, 0.15) is 0 Å². The van der Waals surface area contributed by atoms with Crippen molar-refractivity contribution in [3.63, 3.8) is 0 Å². The molecule has 0 bridgehead atoms. The molecule has 1 nitrogen and oxygen atoms in total. The molecule has 0 aliphatic heterocycles. The molecule has 0 aromatic heterocycles. The van der Waals surface area contributed by atoms with Gasteiger partial charge in [0.15, 0.2) is 0 Å². The average Bonchev–Trinajstić information content (AvgIpc) is 2.53. The van der Waals surface area contributed by atoms with Gasteiger partial charge in [0.25, 0.3) is 0 Å². The van der Waals surface area contributed by atoms with E-state index in [9.17, 15) is 0 Å². The summed E-state index contributed by atoms with van der Waals surface area (Å²) in [6.45, 7) is 16.5. The molecule has 0 saturated carbocycles. The maximum absolute atomic E-state index is 6.89. The molecule has 0 saturated heterocycles. The van der Waals surface area contributed by atoms with Crippen molar-refractivity contribution in [3.05, 3.63) is 12.2 Å². The van der Waals surface area contributed by atoms with Crippen molar-refractivity contribution in [1.29, 1.82) is 0 Å². The topological polar surface area (TPSA) is 9.23 Å². The summed E-state index contributed by atoms with van der Waals surface area (Å²) >= 11 is -2.33. The van der Waals surface area contributed by atoms with Crippen molar-refractivity contribution in [2.45, 2.75) is 116 Å². The minimum atomic E-state index is -2.33. The Balaban J connectivity index is 5.57. The Morgan fingerprint density at radius 2 is 1.25 bits per heavy atom. The Morgan fingerprint density at radius 1 is 0.792 bits per heavy atom. The third-order valence-corrected chi connectivity index (χ3v) is 22.5. The van der Waals surface area contributed by atoms with Gasteiger partial charge in [-0.3, -0.25) is 0 Å². The van der Waals surface area contributed by atoms with E-state index in [1.807, 2.05) is 0 Å². The van der Waals surface area contributed by atoms with Crippen LogP contribution in [0.15, 0.2) is 12.2 Å². The van der Waals surface area contributed by atoms with Gasteiger partial charge >= 0.3 is 159 Å². The van der Waals surface area contributed by atoms with E-state index >= 15 is 0 Å². The molecule has 0 rings (SSSR count). The Morgan fingerprint density at radius 3 is 1.58 bits per heavy atom. The van der Waals surface area contributed by atoms with Crippen molar-refractivity contribution in [2.24, 2.45) is 0 Å². The van der Waals surface area contributed by atoms with Crippen LogP contribution in [0, 0.1) is 0 Å². The second kappa shape index (κ2) is 13.9. The molecule has 1 atom stereocenters. The molecule has 0 fully saturated rings. The Labute approximate surface area is 159 Å². The van der Waals surface area contributed by atoms with E-state index in [2.05, 4.69) is 59.5 Å². The van der Waals surface area contributed by atoms with Crippen LogP contribution in [0.5, 0.6) is 0 Å². The first-order valence-corrected chi connectivity index (χ1v) is 21.8. The molecule has 0 amide bonds. The first kappa shape index (κ1) is 24.7. The van der Waals surface area contributed by atoms with E-state index in [1.54, 1.807) is 0 Å². The molecular weight excluding hydrogens is 415 g/mol. The number of rotatable bonds is 15. The fourth-order valence-electron chi connectivity index (χ4n) is 3.52. The predicted octanol–water partition coefficient (Wildman–Crippen LogP) is 7.95. The van der Waals surface area contributed by atoms with Gasteiger partial charge in [-0.2, -0.15) is 0 Å². The van der Waals surface area contributed by atoms with Crippen LogP contribution in [-0.2, 0) is 4.43 Å². The molecule has 3 heteroatoms. The van der Waals surface area contributed by atoms with Gasteiger partial charge < -0.3 is 0 Å². The Hall–Kier alpha value is 0.716. The maximum atomic E-state index is 6.89. The van der Waals surface area contributed by atoms with E-state index < -0.39 is 26.7 Å². The average molecular weight is 461 g/mol. The molecule has 0 radical (unpaired) electrons. The molecule has 0 heterocycles. The monoisotopic (exact) mass is 462 g/mol. The molecule has 0 aliphatic rings. The predicted molar refractivity (Wildman–Crippen MR) is 117 cm³/mol. The van der Waals surface area contributed by atoms with Crippen LogP contribution in [0.2, 0.25) is 33.0 Å².